The van der Waals surface area contributed by atoms with Crippen molar-refractivity contribution in [1.82, 2.24) is 9.80 Å². The molecule has 6 N–H and O–H groups in total. The molecule has 0 bridgehead atoms. The van der Waals surface area contributed by atoms with Crippen LogP contribution in [-0.2, 0) is 20.2 Å². The summed E-state index contributed by atoms with van der Waals surface area (Å²) in [7, 11) is -9.33. The van der Waals surface area contributed by atoms with Gasteiger partial charge in [-0.25, -0.2) is 0 Å². The summed E-state index contributed by atoms with van der Waals surface area (Å²) in [5.74, 6) is 0. The minimum absolute atomic E-state index is 0.0558. The molecule has 10 nitrogen and oxygen atoms in total. The van der Waals surface area contributed by atoms with E-state index in [4.69, 9.17) is 11.5 Å². The Bertz CT molecular complexity index is 1300. The molecular formula is C42H78N4O6S2. The van der Waals surface area contributed by atoms with Crippen molar-refractivity contribution in [3.63, 3.8) is 0 Å². The Balaban J connectivity index is 0.000000799. The number of nitrogens with two attached hydrogens (primary N) is 2. The van der Waals surface area contributed by atoms with Gasteiger partial charge >= 0.3 is 0 Å². The largest absolute Gasteiger partial charge is 0.399 e. The smallest absolute Gasteiger partial charge is 0.295 e. The molecule has 0 spiro atoms. The summed E-state index contributed by atoms with van der Waals surface area (Å²) in [6, 6.07) is 7.06. The van der Waals surface area contributed by atoms with E-state index in [0.717, 1.165) is 12.1 Å². The molecular weight excluding hydrogens is 721 g/mol. The lowest BCUT2D eigenvalue weighted by Gasteiger charge is -2.22. The number of hydrogen-bond donors (Lipinski definition) is 4. The van der Waals surface area contributed by atoms with Crippen LogP contribution in [-0.4, -0.2) is 75.0 Å². The van der Waals surface area contributed by atoms with Crippen molar-refractivity contribution in [2.75, 3.05) is 50.7 Å². The Labute approximate surface area is 331 Å². The van der Waals surface area contributed by atoms with Gasteiger partial charge in [-0.1, -0.05) is 131 Å². The normalized spacial score (nSPS) is 11.7. The SMILES string of the molecule is CCCCCN(CCCCC)CCCCC.CCCCCN(CCCCC)CCCCC.Nc1ccc(-c2ccc(N)cc2S(=O)(=O)O)c(S(=O)(=O)O)c1. The van der Waals surface area contributed by atoms with Crippen LogP contribution in [0.1, 0.15) is 157 Å². The van der Waals surface area contributed by atoms with Gasteiger partial charge in [-0.15, -0.1) is 0 Å². The molecule has 0 atom stereocenters. The van der Waals surface area contributed by atoms with Crippen molar-refractivity contribution in [3.8, 4) is 11.1 Å². The number of rotatable bonds is 27. The molecule has 2 aromatic rings. The van der Waals surface area contributed by atoms with Gasteiger partial charge in [-0.05, 0) is 102 Å². The molecule has 314 valence electrons. The van der Waals surface area contributed by atoms with Crippen LogP contribution >= 0.6 is 0 Å². The molecule has 2 rings (SSSR count). The second-order valence-electron chi connectivity index (χ2n) is 14.4. The van der Waals surface area contributed by atoms with Crippen LogP contribution in [0, 0.1) is 0 Å². The van der Waals surface area contributed by atoms with Crippen molar-refractivity contribution in [2.24, 2.45) is 0 Å². The number of anilines is 2. The molecule has 12 heteroatoms. The summed E-state index contributed by atoms with van der Waals surface area (Å²) in [6.07, 6.45) is 24.9. The maximum atomic E-state index is 11.5. The minimum Gasteiger partial charge on any atom is -0.399 e. The van der Waals surface area contributed by atoms with E-state index in [1.807, 2.05) is 0 Å². The van der Waals surface area contributed by atoms with E-state index >= 15 is 0 Å². The molecule has 0 unspecified atom stereocenters. The van der Waals surface area contributed by atoms with E-state index in [2.05, 4.69) is 51.3 Å². The molecule has 54 heavy (non-hydrogen) atoms. The van der Waals surface area contributed by atoms with E-state index in [1.54, 1.807) is 0 Å². The summed E-state index contributed by atoms with van der Waals surface area (Å²) in [4.78, 5) is 4.23. The fourth-order valence-electron chi connectivity index (χ4n) is 6.13. The first-order valence-corrected chi connectivity index (χ1v) is 23.8. The van der Waals surface area contributed by atoms with E-state index in [-0.39, 0.29) is 22.5 Å². The Kier molecular flexibility index (Phi) is 29.7. The Hall–Kier alpha value is -2.22. The predicted octanol–water partition coefficient (Wildman–Crippen LogP) is 10.7. The lowest BCUT2D eigenvalue weighted by molar-refractivity contribution is 0.256. The van der Waals surface area contributed by atoms with E-state index in [1.165, 1.54) is 179 Å². The van der Waals surface area contributed by atoms with E-state index in [9.17, 15) is 25.9 Å². The molecule has 0 heterocycles. The summed E-state index contributed by atoms with van der Waals surface area (Å²) in [6.45, 7) is 21.7. The van der Waals surface area contributed by atoms with Crippen LogP contribution in [0.3, 0.4) is 0 Å². The van der Waals surface area contributed by atoms with Gasteiger partial charge in [-0.3, -0.25) is 9.11 Å². The average molecular weight is 799 g/mol. The van der Waals surface area contributed by atoms with Crippen LogP contribution in [0.15, 0.2) is 46.2 Å². The lowest BCUT2D eigenvalue weighted by Crippen LogP contribution is -2.27. The highest BCUT2D eigenvalue weighted by Crippen LogP contribution is 2.34. The summed E-state index contributed by atoms with van der Waals surface area (Å²) in [5, 5.41) is 0. The molecule has 0 fully saturated rings. The van der Waals surface area contributed by atoms with Gasteiger partial charge in [0.05, 0.1) is 0 Å². The Morgan fingerprint density at radius 2 is 0.648 bits per heavy atom. The topological polar surface area (TPSA) is 167 Å². The third-order valence-electron chi connectivity index (χ3n) is 9.32. The number of nitrogens with zero attached hydrogens (tertiary/aromatic N) is 2. The van der Waals surface area contributed by atoms with E-state index in [0.29, 0.717) is 0 Å². The molecule has 0 amide bonds. The van der Waals surface area contributed by atoms with Gasteiger partial charge < -0.3 is 21.3 Å². The van der Waals surface area contributed by atoms with Gasteiger partial charge in [0.2, 0.25) is 0 Å². The molecule has 0 radical (unpaired) electrons. The van der Waals surface area contributed by atoms with Crippen LogP contribution < -0.4 is 11.5 Å². The third kappa shape index (κ3) is 24.3. The molecule has 0 aliphatic rings. The van der Waals surface area contributed by atoms with Crippen molar-refractivity contribution in [1.29, 1.82) is 0 Å². The second-order valence-corrected chi connectivity index (χ2v) is 17.2. The van der Waals surface area contributed by atoms with E-state index < -0.39 is 30.0 Å². The van der Waals surface area contributed by atoms with Crippen LogP contribution in [0.4, 0.5) is 11.4 Å². The Morgan fingerprint density at radius 1 is 0.426 bits per heavy atom. The van der Waals surface area contributed by atoms with Gasteiger partial charge in [-0.2, -0.15) is 16.8 Å². The molecule has 0 saturated carbocycles. The molecule has 0 saturated heterocycles. The standard InChI is InChI=1S/2C15H33N.C12H12N2O6S2/c2*1-4-7-10-13-16(14-11-8-5-2)15-12-9-6-3;13-7-1-3-9(11(5-7)21(15,16)17)10-4-2-8(14)6-12(10)22(18,19)20/h2*4-15H2,1-3H3;1-6H,13-14H2,(H,15,16,17)(H,18,19,20). The van der Waals surface area contributed by atoms with Crippen LogP contribution in [0.5, 0.6) is 0 Å². The second kappa shape index (κ2) is 30.9. The third-order valence-corrected chi connectivity index (χ3v) is 11.1. The van der Waals surface area contributed by atoms with Gasteiger partial charge in [0.15, 0.2) is 0 Å². The summed E-state index contributed by atoms with van der Waals surface area (Å²) >= 11 is 0. The lowest BCUT2D eigenvalue weighted by atomic mass is 10.0. The van der Waals surface area contributed by atoms with Gasteiger partial charge in [0.1, 0.15) is 9.79 Å². The van der Waals surface area contributed by atoms with Crippen molar-refractivity contribution >= 4 is 31.6 Å². The predicted molar refractivity (Wildman–Crippen MR) is 230 cm³/mol. The maximum Gasteiger partial charge on any atom is 0.295 e. The first kappa shape index (κ1) is 51.8. The highest BCUT2D eigenvalue weighted by Gasteiger charge is 2.23. The fraction of sp³-hybridized carbons (Fsp3) is 0.714. The average Bonchev–Trinajstić information content (AvgIpc) is 3.12. The minimum atomic E-state index is -4.66. The summed E-state index contributed by atoms with van der Waals surface area (Å²) in [5.41, 5.74) is 10.8. The highest BCUT2D eigenvalue weighted by atomic mass is 32.2. The summed E-state index contributed by atoms with van der Waals surface area (Å²) < 4.78 is 64.4. The number of benzene rings is 2. The molecule has 0 aliphatic heterocycles. The van der Waals surface area contributed by atoms with Crippen LogP contribution in [0.25, 0.3) is 11.1 Å². The fourth-order valence-corrected chi connectivity index (χ4v) is 7.61. The zero-order valence-corrected chi connectivity index (χ0v) is 36.5. The zero-order valence-electron chi connectivity index (χ0n) is 34.8. The van der Waals surface area contributed by atoms with Crippen molar-refractivity contribution < 1.29 is 25.9 Å². The number of nitrogen functional groups attached to an aromatic ring is 2. The number of hydrogen-bond acceptors (Lipinski definition) is 8. The monoisotopic (exact) mass is 799 g/mol. The van der Waals surface area contributed by atoms with Gasteiger partial charge in [0.25, 0.3) is 20.2 Å². The highest BCUT2D eigenvalue weighted by molar-refractivity contribution is 7.86. The Morgan fingerprint density at radius 3 is 0.833 bits per heavy atom. The van der Waals surface area contributed by atoms with Crippen molar-refractivity contribution in [2.45, 2.75) is 167 Å². The number of unbranched alkanes of at least 4 members (excludes halogenated alkanes) is 12. The van der Waals surface area contributed by atoms with Crippen molar-refractivity contribution in [3.05, 3.63) is 36.4 Å². The molecule has 0 aliphatic carbocycles. The molecule has 2 aromatic carbocycles. The first-order chi connectivity index (χ1) is 25.7. The molecule has 0 aromatic heterocycles. The van der Waals surface area contributed by atoms with Gasteiger partial charge in [0, 0.05) is 22.5 Å². The first-order valence-electron chi connectivity index (χ1n) is 20.9. The quantitative estimate of drug-likeness (QED) is 0.0388. The zero-order chi connectivity index (χ0) is 40.8. The van der Waals surface area contributed by atoms with Crippen LogP contribution in [0.2, 0.25) is 0 Å². The maximum absolute atomic E-state index is 11.5.